The van der Waals surface area contributed by atoms with E-state index < -0.39 is 0 Å². The van der Waals surface area contributed by atoms with Gasteiger partial charge in [0.15, 0.2) is 0 Å². The van der Waals surface area contributed by atoms with Gasteiger partial charge in [-0.1, -0.05) is 53.9 Å². The first kappa shape index (κ1) is 15.7. The molecular formula is C15H30O. The summed E-state index contributed by atoms with van der Waals surface area (Å²) < 4.78 is 0. The molecule has 0 saturated heterocycles. The van der Waals surface area contributed by atoms with E-state index in [0.717, 1.165) is 12.3 Å². The van der Waals surface area contributed by atoms with E-state index in [1.807, 2.05) is 27.7 Å². The molecular weight excluding hydrogens is 196 g/mol. The minimum atomic E-state index is 0.235. The molecule has 1 nitrogen and oxygen atoms in total. The van der Waals surface area contributed by atoms with E-state index in [1.165, 1.54) is 32.1 Å². The van der Waals surface area contributed by atoms with Crippen LogP contribution in [0.4, 0.5) is 0 Å². The summed E-state index contributed by atoms with van der Waals surface area (Å²) in [5.41, 5.74) is 0. The number of carbonyl (C=O) groups excluding carboxylic acids is 1. The SMILES string of the molecule is CC.CCC1CCC(CC(=O)C(C)C)CC1. The van der Waals surface area contributed by atoms with Gasteiger partial charge in [0.1, 0.15) is 5.78 Å². The maximum Gasteiger partial charge on any atom is 0.135 e. The molecule has 0 spiro atoms. The monoisotopic (exact) mass is 226 g/mol. The van der Waals surface area contributed by atoms with Crippen LogP contribution in [0, 0.1) is 17.8 Å². The molecule has 0 radical (unpaired) electrons. The van der Waals surface area contributed by atoms with Crippen LogP contribution >= 0.6 is 0 Å². The van der Waals surface area contributed by atoms with Crippen LogP contribution in [-0.4, -0.2) is 5.78 Å². The van der Waals surface area contributed by atoms with Crippen LogP contribution in [0.1, 0.15) is 73.1 Å². The molecule has 1 fully saturated rings. The highest BCUT2D eigenvalue weighted by Crippen LogP contribution is 2.32. The summed E-state index contributed by atoms with van der Waals surface area (Å²) in [6.07, 6.45) is 7.45. The molecule has 0 amide bonds. The van der Waals surface area contributed by atoms with Crippen LogP contribution < -0.4 is 0 Å². The topological polar surface area (TPSA) is 17.1 Å². The first-order valence-corrected chi connectivity index (χ1v) is 7.16. The lowest BCUT2D eigenvalue weighted by atomic mass is 9.78. The van der Waals surface area contributed by atoms with Crippen molar-refractivity contribution >= 4 is 5.78 Å². The molecule has 0 bridgehead atoms. The van der Waals surface area contributed by atoms with E-state index in [4.69, 9.17) is 0 Å². The molecule has 1 aliphatic rings. The molecule has 0 atom stereocenters. The summed E-state index contributed by atoms with van der Waals surface area (Å²) in [7, 11) is 0. The Morgan fingerprint density at radius 3 is 1.88 bits per heavy atom. The lowest BCUT2D eigenvalue weighted by Gasteiger charge is -2.27. The quantitative estimate of drug-likeness (QED) is 0.670. The van der Waals surface area contributed by atoms with Gasteiger partial charge in [0.05, 0.1) is 0 Å². The molecule has 0 aliphatic heterocycles. The molecule has 1 saturated carbocycles. The fourth-order valence-corrected chi connectivity index (χ4v) is 2.36. The van der Waals surface area contributed by atoms with Crippen LogP contribution in [0.15, 0.2) is 0 Å². The van der Waals surface area contributed by atoms with Gasteiger partial charge in [0.25, 0.3) is 0 Å². The minimum absolute atomic E-state index is 0.235. The Kier molecular flexibility index (Phi) is 8.60. The van der Waals surface area contributed by atoms with Gasteiger partial charge in [-0.25, -0.2) is 0 Å². The summed E-state index contributed by atoms with van der Waals surface area (Å²) in [6.45, 7) is 10.3. The van der Waals surface area contributed by atoms with E-state index in [-0.39, 0.29) is 5.92 Å². The third-order valence-electron chi connectivity index (χ3n) is 3.68. The van der Waals surface area contributed by atoms with Crippen LogP contribution in [0.2, 0.25) is 0 Å². The van der Waals surface area contributed by atoms with Crippen molar-refractivity contribution in [2.75, 3.05) is 0 Å². The second-order valence-corrected chi connectivity index (χ2v) is 5.12. The molecule has 0 aromatic rings. The molecule has 96 valence electrons. The van der Waals surface area contributed by atoms with Gasteiger partial charge >= 0.3 is 0 Å². The summed E-state index contributed by atoms with van der Waals surface area (Å²) in [6, 6.07) is 0. The normalized spacial score (nSPS) is 24.9. The highest BCUT2D eigenvalue weighted by molar-refractivity contribution is 5.80. The van der Waals surface area contributed by atoms with Gasteiger partial charge in [0.2, 0.25) is 0 Å². The second kappa shape index (κ2) is 8.78. The zero-order chi connectivity index (χ0) is 12.6. The van der Waals surface area contributed by atoms with E-state index in [9.17, 15) is 4.79 Å². The van der Waals surface area contributed by atoms with Gasteiger partial charge in [0, 0.05) is 12.3 Å². The summed E-state index contributed by atoms with van der Waals surface area (Å²) in [5, 5.41) is 0. The fraction of sp³-hybridized carbons (Fsp3) is 0.933. The Labute approximate surface area is 102 Å². The zero-order valence-corrected chi connectivity index (χ0v) is 11.9. The van der Waals surface area contributed by atoms with Crippen molar-refractivity contribution in [3.05, 3.63) is 0 Å². The third-order valence-corrected chi connectivity index (χ3v) is 3.68. The average Bonchev–Trinajstić information content (AvgIpc) is 2.32. The Hall–Kier alpha value is -0.330. The smallest absolute Gasteiger partial charge is 0.135 e. The lowest BCUT2D eigenvalue weighted by Crippen LogP contribution is -2.19. The number of hydrogen-bond acceptors (Lipinski definition) is 1. The van der Waals surface area contributed by atoms with Crippen molar-refractivity contribution < 1.29 is 4.79 Å². The third kappa shape index (κ3) is 5.67. The Balaban J connectivity index is 0.00000106. The number of carbonyl (C=O) groups is 1. The molecule has 0 aromatic heterocycles. The Morgan fingerprint density at radius 1 is 1.06 bits per heavy atom. The van der Waals surface area contributed by atoms with Crippen molar-refractivity contribution in [2.45, 2.75) is 73.1 Å². The van der Waals surface area contributed by atoms with Gasteiger partial charge in [-0.2, -0.15) is 0 Å². The van der Waals surface area contributed by atoms with Gasteiger partial charge in [-0.05, 0) is 24.7 Å². The van der Waals surface area contributed by atoms with Crippen molar-refractivity contribution in [2.24, 2.45) is 17.8 Å². The summed E-state index contributed by atoms with van der Waals surface area (Å²) in [5.74, 6) is 2.34. The molecule has 1 heteroatoms. The molecule has 0 unspecified atom stereocenters. The zero-order valence-electron chi connectivity index (χ0n) is 11.9. The van der Waals surface area contributed by atoms with Crippen LogP contribution in [0.25, 0.3) is 0 Å². The average molecular weight is 226 g/mol. The van der Waals surface area contributed by atoms with Crippen molar-refractivity contribution in [1.82, 2.24) is 0 Å². The minimum Gasteiger partial charge on any atom is -0.299 e. The standard InChI is InChI=1S/C13H24O.C2H6/c1-4-11-5-7-12(8-6-11)9-13(14)10(2)3;1-2/h10-12H,4-9H2,1-3H3;1-2H3. The summed E-state index contributed by atoms with van der Waals surface area (Å²) in [4.78, 5) is 11.6. The molecule has 16 heavy (non-hydrogen) atoms. The first-order valence-electron chi connectivity index (χ1n) is 7.16. The lowest BCUT2D eigenvalue weighted by molar-refractivity contribution is -0.123. The maximum absolute atomic E-state index is 11.6. The first-order chi connectivity index (χ1) is 7.63. The Morgan fingerprint density at radius 2 is 1.50 bits per heavy atom. The molecule has 0 heterocycles. The van der Waals surface area contributed by atoms with Gasteiger partial charge in [-0.3, -0.25) is 4.79 Å². The molecule has 0 N–H and O–H groups in total. The number of Topliss-reactive ketones (excluding diaryl/α,β-unsaturated/α-hetero) is 1. The van der Waals surface area contributed by atoms with Crippen LogP contribution in [-0.2, 0) is 4.79 Å². The van der Waals surface area contributed by atoms with E-state index in [2.05, 4.69) is 6.92 Å². The molecule has 1 rings (SSSR count). The predicted molar refractivity (Wildman–Crippen MR) is 71.5 cm³/mol. The van der Waals surface area contributed by atoms with E-state index in [1.54, 1.807) is 0 Å². The van der Waals surface area contributed by atoms with E-state index in [0.29, 0.717) is 11.7 Å². The fourth-order valence-electron chi connectivity index (χ4n) is 2.36. The van der Waals surface area contributed by atoms with Crippen LogP contribution in [0.3, 0.4) is 0 Å². The second-order valence-electron chi connectivity index (χ2n) is 5.12. The highest BCUT2D eigenvalue weighted by Gasteiger charge is 2.22. The van der Waals surface area contributed by atoms with Crippen molar-refractivity contribution in [3.63, 3.8) is 0 Å². The van der Waals surface area contributed by atoms with Gasteiger partial charge in [-0.15, -0.1) is 0 Å². The number of ketones is 1. The van der Waals surface area contributed by atoms with Crippen molar-refractivity contribution in [1.29, 1.82) is 0 Å². The highest BCUT2D eigenvalue weighted by atomic mass is 16.1. The van der Waals surface area contributed by atoms with Crippen LogP contribution in [0.5, 0.6) is 0 Å². The Bertz CT molecular complexity index is 176. The van der Waals surface area contributed by atoms with E-state index >= 15 is 0 Å². The predicted octanol–water partition coefficient (Wildman–Crippen LogP) is 4.84. The largest absolute Gasteiger partial charge is 0.299 e. The summed E-state index contributed by atoms with van der Waals surface area (Å²) >= 11 is 0. The molecule has 0 aromatic carbocycles. The maximum atomic E-state index is 11.6. The van der Waals surface area contributed by atoms with Gasteiger partial charge < -0.3 is 0 Å². The number of hydrogen-bond donors (Lipinski definition) is 0. The molecule has 1 aliphatic carbocycles. The van der Waals surface area contributed by atoms with Crippen molar-refractivity contribution in [3.8, 4) is 0 Å². The number of rotatable bonds is 4.